The Morgan fingerprint density at radius 3 is 2.52 bits per heavy atom. The fraction of sp³-hybridized carbons (Fsp3) is 0.294. The Balaban J connectivity index is 1.56. The molecule has 1 aliphatic rings. The van der Waals surface area contributed by atoms with Gasteiger partial charge in [0, 0.05) is 18.8 Å². The van der Waals surface area contributed by atoms with Crippen LogP contribution in [-0.4, -0.2) is 43.0 Å². The minimum absolute atomic E-state index is 0.114. The zero-order chi connectivity index (χ0) is 16.1. The van der Waals surface area contributed by atoms with Crippen molar-refractivity contribution in [2.75, 3.05) is 31.6 Å². The highest BCUT2D eigenvalue weighted by Crippen LogP contribution is 2.15. The number of hydrogen-bond donors (Lipinski definition) is 1. The normalized spacial score (nSPS) is 14.5. The average Bonchev–Trinajstić information content (AvgIpc) is 3.12. The van der Waals surface area contributed by atoms with Gasteiger partial charge >= 0.3 is 0 Å². The quantitative estimate of drug-likeness (QED) is 0.936. The fourth-order valence-electron chi connectivity index (χ4n) is 2.41. The number of nitrogens with one attached hydrogen (secondary N) is 1. The molecule has 1 fully saturated rings. The highest BCUT2D eigenvalue weighted by Gasteiger charge is 2.17. The largest absolute Gasteiger partial charge is 0.378 e. The molecule has 3 rings (SSSR count). The summed E-state index contributed by atoms with van der Waals surface area (Å²) in [5.41, 5.74) is 1.67. The molecule has 0 unspecified atom stereocenters. The first-order chi connectivity index (χ1) is 11.2. The van der Waals surface area contributed by atoms with Crippen molar-refractivity contribution in [2.24, 2.45) is 0 Å². The molecular weight excluding hydrogens is 312 g/mol. The number of morpholine rings is 1. The molecule has 0 bridgehead atoms. The van der Waals surface area contributed by atoms with Crippen molar-refractivity contribution in [3.05, 3.63) is 52.2 Å². The van der Waals surface area contributed by atoms with Crippen LogP contribution >= 0.6 is 11.3 Å². The summed E-state index contributed by atoms with van der Waals surface area (Å²) >= 11 is 1.41. The molecule has 0 aliphatic carbocycles. The van der Waals surface area contributed by atoms with E-state index in [9.17, 15) is 9.59 Å². The Bertz CT molecular complexity index is 662. The van der Waals surface area contributed by atoms with Crippen LogP contribution in [0.25, 0.3) is 0 Å². The van der Waals surface area contributed by atoms with E-state index in [1.807, 2.05) is 40.6 Å². The summed E-state index contributed by atoms with van der Waals surface area (Å²) in [4.78, 5) is 26.7. The van der Waals surface area contributed by atoms with E-state index in [1.165, 1.54) is 11.3 Å². The summed E-state index contributed by atoms with van der Waals surface area (Å²) in [5.74, 6) is 0.000754. The molecule has 0 saturated carbocycles. The molecule has 2 amide bonds. The van der Waals surface area contributed by atoms with Crippen molar-refractivity contribution in [3.8, 4) is 0 Å². The van der Waals surface area contributed by atoms with E-state index in [-0.39, 0.29) is 11.8 Å². The Labute approximate surface area is 138 Å². The molecule has 1 aromatic carbocycles. The van der Waals surface area contributed by atoms with Gasteiger partial charge in [0.25, 0.3) is 5.91 Å². The fourth-order valence-corrected chi connectivity index (χ4v) is 3.02. The highest BCUT2D eigenvalue weighted by molar-refractivity contribution is 7.12. The summed E-state index contributed by atoms with van der Waals surface area (Å²) in [6.07, 6.45) is 0.374. The van der Waals surface area contributed by atoms with Gasteiger partial charge in [0.2, 0.25) is 5.91 Å². The van der Waals surface area contributed by atoms with Gasteiger partial charge in [-0.25, -0.2) is 0 Å². The van der Waals surface area contributed by atoms with Crippen LogP contribution in [0.15, 0.2) is 41.8 Å². The van der Waals surface area contributed by atoms with Crippen molar-refractivity contribution in [1.29, 1.82) is 0 Å². The van der Waals surface area contributed by atoms with Gasteiger partial charge in [-0.1, -0.05) is 18.2 Å². The second-order valence-corrected chi connectivity index (χ2v) is 6.25. The topological polar surface area (TPSA) is 58.6 Å². The summed E-state index contributed by atoms with van der Waals surface area (Å²) in [5, 5.41) is 4.72. The molecule has 1 aromatic heterocycles. The lowest BCUT2D eigenvalue weighted by atomic mass is 10.1. The third-order valence-corrected chi connectivity index (χ3v) is 4.54. The molecule has 0 atom stereocenters. The summed E-state index contributed by atoms with van der Waals surface area (Å²) in [6, 6.07) is 11.0. The number of carbonyl (C=O) groups excluding carboxylic acids is 2. The minimum atomic E-state index is -0.114. The molecule has 6 heteroatoms. The van der Waals surface area contributed by atoms with Gasteiger partial charge in [0.1, 0.15) is 0 Å². The number of hydrogen-bond acceptors (Lipinski definition) is 4. The van der Waals surface area contributed by atoms with Gasteiger partial charge in [-0.2, -0.15) is 0 Å². The van der Waals surface area contributed by atoms with E-state index < -0.39 is 0 Å². The van der Waals surface area contributed by atoms with E-state index in [0.29, 0.717) is 37.6 Å². The lowest BCUT2D eigenvalue weighted by molar-refractivity contribution is -0.134. The number of carbonyl (C=O) groups is 2. The molecule has 1 N–H and O–H groups in total. The maximum Gasteiger partial charge on any atom is 0.265 e. The van der Waals surface area contributed by atoms with Crippen molar-refractivity contribution in [3.63, 3.8) is 0 Å². The van der Waals surface area contributed by atoms with Crippen LogP contribution in [-0.2, 0) is 16.0 Å². The second-order valence-electron chi connectivity index (χ2n) is 5.30. The number of nitrogens with zero attached hydrogens (tertiary/aromatic N) is 1. The van der Waals surface area contributed by atoms with E-state index >= 15 is 0 Å². The van der Waals surface area contributed by atoms with Crippen LogP contribution < -0.4 is 5.32 Å². The molecule has 120 valence electrons. The molecule has 2 aromatic rings. The Morgan fingerprint density at radius 1 is 1.13 bits per heavy atom. The number of amides is 2. The zero-order valence-corrected chi connectivity index (χ0v) is 13.5. The molecule has 0 spiro atoms. The molecule has 1 saturated heterocycles. The summed E-state index contributed by atoms with van der Waals surface area (Å²) < 4.78 is 5.25. The predicted molar refractivity (Wildman–Crippen MR) is 89.8 cm³/mol. The third kappa shape index (κ3) is 4.18. The Kier molecular flexibility index (Phi) is 5.05. The van der Waals surface area contributed by atoms with Crippen LogP contribution in [0.2, 0.25) is 0 Å². The third-order valence-electron chi connectivity index (χ3n) is 3.68. The lowest BCUT2D eigenvalue weighted by Crippen LogP contribution is -2.41. The molecular formula is C17H18N2O3S. The smallest absolute Gasteiger partial charge is 0.265 e. The maximum absolute atomic E-state index is 12.2. The second kappa shape index (κ2) is 7.39. The van der Waals surface area contributed by atoms with Crippen LogP contribution in [0.4, 0.5) is 5.69 Å². The van der Waals surface area contributed by atoms with E-state index in [2.05, 4.69) is 5.32 Å². The van der Waals surface area contributed by atoms with Crippen molar-refractivity contribution >= 4 is 28.8 Å². The van der Waals surface area contributed by atoms with Crippen molar-refractivity contribution in [2.45, 2.75) is 6.42 Å². The molecule has 2 heterocycles. The molecule has 1 aliphatic heterocycles. The maximum atomic E-state index is 12.2. The van der Waals surface area contributed by atoms with E-state index in [0.717, 1.165) is 11.3 Å². The monoisotopic (exact) mass is 330 g/mol. The first kappa shape index (κ1) is 15.7. The van der Waals surface area contributed by atoms with E-state index in [1.54, 1.807) is 6.07 Å². The zero-order valence-electron chi connectivity index (χ0n) is 12.7. The van der Waals surface area contributed by atoms with Crippen LogP contribution in [0.1, 0.15) is 15.2 Å². The van der Waals surface area contributed by atoms with Crippen LogP contribution in [0, 0.1) is 0 Å². The van der Waals surface area contributed by atoms with Gasteiger partial charge in [0.05, 0.1) is 24.5 Å². The SMILES string of the molecule is O=C(Nc1ccc(CC(=O)N2CCOCC2)cc1)c1cccs1. The summed E-state index contributed by atoms with van der Waals surface area (Å²) in [6.45, 7) is 2.54. The Morgan fingerprint density at radius 2 is 1.87 bits per heavy atom. The molecule has 23 heavy (non-hydrogen) atoms. The summed E-state index contributed by atoms with van der Waals surface area (Å²) in [7, 11) is 0. The lowest BCUT2D eigenvalue weighted by Gasteiger charge is -2.26. The average molecular weight is 330 g/mol. The number of benzene rings is 1. The van der Waals surface area contributed by atoms with Crippen LogP contribution in [0.3, 0.4) is 0 Å². The first-order valence-corrected chi connectivity index (χ1v) is 8.39. The van der Waals surface area contributed by atoms with Crippen LogP contribution in [0.5, 0.6) is 0 Å². The van der Waals surface area contributed by atoms with Crippen molar-refractivity contribution < 1.29 is 14.3 Å². The predicted octanol–water partition coefficient (Wildman–Crippen LogP) is 2.40. The van der Waals surface area contributed by atoms with E-state index in [4.69, 9.17) is 4.74 Å². The number of anilines is 1. The van der Waals surface area contributed by atoms with Gasteiger partial charge in [-0.15, -0.1) is 11.3 Å². The number of thiophene rings is 1. The van der Waals surface area contributed by atoms with Gasteiger partial charge in [-0.3, -0.25) is 9.59 Å². The van der Waals surface area contributed by atoms with Gasteiger partial charge in [-0.05, 0) is 29.1 Å². The highest BCUT2D eigenvalue weighted by atomic mass is 32.1. The standard InChI is InChI=1S/C17H18N2O3S/c20-16(19-7-9-22-10-8-19)12-13-3-5-14(6-4-13)18-17(21)15-2-1-11-23-15/h1-6,11H,7-10,12H2,(H,18,21). The molecule has 0 radical (unpaired) electrons. The number of ether oxygens (including phenoxy) is 1. The first-order valence-electron chi connectivity index (χ1n) is 7.52. The Hall–Kier alpha value is -2.18. The molecule has 5 nitrogen and oxygen atoms in total. The van der Waals surface area contributed by atoms with Gasteiger partial charge < -0.3 is 15.0 Å². The van der Waals surface area contributed by atoms with Crippen molar-refractivity contribution in [1.82, 2.24) is 4.90 Å². The number of rotatable bonds is 4. The van der Waals surface area contributed by atoms with Gasteiger partial charge in [0.15, 0.2) is 0 Å². The minimum Gasteiger partial charge on any atom is -0.378 e.